The fourth-order valence-corrected chi connectivity index (χ4v) is 2.58. The molecule has 0 N–H and O–H groups in total. The first-order valence-electron chi connectivity index (χ1n) is 6.85. The summed E-state index contributed by atoms with van der Waals surface area (Å²) in [6.45, 7) is 2.18. The Labute approximate surface area is 112 Å². The monoisotopic (exact) mass is 261 g/mol. The second kappa shape index (κ2) is 5.95. The van der Waals surface area contributed by atoms with Crippen molar-refractivity contribution in [1.29, 1.82) is 0 Å². The van der Waals surface area contributed by atoms with Gasteiger partial charge in [-0.05, 0) is 38.7 Å². The van der Waals surface area contributed by atoms with E-state index in [0.29, 0.717) is 24.9 Å². The molecule has 19 heavy (non-hydrogen) atoms. The lowest BCUT2D eigenvalue weighted by Gasteiger charge is -2.19. The molecule has 0 amide bonds. The average Bonchev–Trinajstić information content (AvgIpc) is 2.36. The van der Waals surface area contributed by atoms with E-state index in [0.717, 1.165) is 31.4 Å². The molecule has 0 unspecified atom stereocenters. The lowest BCUT2D eigenvalue weighted by Crippen LogP contribution is -2.28. The highest BCUT2D eigenvalue weighted by atomic mass is 16.1. The van der Waals surface area contributed by atoms with E-state index in [9.17, 15) is 14.4 Å². The number of carbonyl (C=O) groups excluding carboxylic acids is 2. The first-order chi connectivity index (χ1) is 9.09. The zero-order chi connectivity index (χ0) is 13.8. The van der Waals surface area contributed by atoms with Gasteiger partial charge < -0.3 is 9.36 Å². The molecule has 1 aliphatic carbocycles. The summed E-state index contributed by atoms with van der Waals surface area (Å²) in [6, 6.07) is 3.14. The second-order valence-electron chi connectivity index (χ2n) is 5.12. The standard InChI is InChI=1S/C15H19NO3/c1-11(17)5-2-3-10-16-13-6-4-7-14(18)12(13)8-9-15(16)19/h8-9H,2-7,10H2,1H3. The maximum absolute atomic E-state index is 11.9. The number of aromatic nitrogens is 1. The van der Waals surface area contributed by atoms with Crippen LogP contribution in [0.1, 0.15) is 55.1 Å². The van der Waals surface area contributed by atoms with Gasteiger partial charge in [0.25, 0.3) is 5.56 Å². The van der Waals surface area contributed by atoms with Crippen molar-refractivity contribution < 1.29 is 9.59 Å². The highest BCUT2D eigenvalue weighted by Crippen LogP contribution is 2.20. The largest absolute Gasteiger partial charge is 0.312 e. The number of Topliss-reactive ketones (excluding diaryl/α,β-unsaturated/α-hetero) is 2. The predicted molar refractivity (Wildman–Crippen MR) is 72.5 cm³/mol. The highest BCUT2D eigenvalue weighted by molar-refractivity contribution is 5.97. The van der Waals surface area contributed by atoms with Gasteiger partial charge in [0.2, 0.25) is 0 Å². The molecule has 1 aromatic rings. The van der Waals surface area contributed by atoms with Crippen molar-refractivity contribution in [3.63, 3.8) is 0 Å². The van der Waals surface area contributed by atoms with E-state index >= 15 is 0 Å². The fourth-order valence-electron chi connectivity index (χ4n) is 2.58. The van der Waals surface area contributed by atoms with Gasteiger partial charge in [-0.2, -0.15) is 0 Å². The normalized spacial score (nSPS) is 14.3. The predicted octanol–water partition coefficient (Wildman–Crippen LogP) is 2.13. The first-order valence-corrected chi connectivity index (χ1v) is 6.85. The third-order valence-corrected chi connectivity index (χ3v) is 3.57. The Morgan fingerprint density at radius 3 is 2.74 bits per heavy atom. The zero-order valence-electron chi connectivity index (χ0n) is 11.3. The molecular weight excluding hydrogens is 242 g/mol. The van der Waals surface area contributed by atoms with E-state index < -0.39 is 0 Å². The molecule has 0 radical (unpaired) electrons. The number of hydrogen-bond donors (Lipinski definition) is 0. The van der Waals surface area contributed by atoms with Crippen molar-refractivity contribution in [1.82, 2.24) is 4.57 Å². The maximum atomic E-state index is 11.9. The number of nitrogens with zero attached hydrogens (tertiary/aromatic N) is 1. The molecule has 0 aromatic carbocycles. The van der Waals surface area contributed by atoms with Gasteiger partial charge in [-0.3, -0.25) is 9.59 Å². The van der Waals surface area contributed by atoms with Crippen LogP contribution in [0.4, 0.5) is 0 Å². The van der Waals surface area contributed by atoms with Crippen LogP contribution in [0.15, 0.2) is 16.9 Å². The van der Waals surface area contributed by atoms with Crippen LogP contribution in [-0.2, 0) is 17.8 Å². The third kappa shape index (κ3) is 3.19. The Kier molecular flexibility index (Phi) is 4.30. The summed E-state index contributed by atoms with van der Waals surface area (Å²) >= 11 is 0. The van der Waals surface area contributed by atoms with Gasteiger partial charge in [-0.1, -0.05) is 0 Å². The summed E-state index contributed by atoms with van der Waals surface area (Å²) in [5.41, 5.74) is 1.54. The van der Waals surface area contributed by atoms with E-state index in [1.165, 1.54) is 6.07 Å². The van der Waals surface area contributed by atoms with Crippen LogP contribution >= 0.6 is 0 Å². The van der Waals surface area contributed by atoms with Crippen LogP contribution in [0, 0.1) is 0 Å². The number of hydrogen-bond acceptors (Lipinski definition) is 3. The lowest BCUT2D eigenvalue weighted by molar-refractivity contribution is -0.117. The van der Waals surface area contributed by atoms with Crippen LogP contribution < -0.4 is 5.56 Å². The molecule has 1 aliphatic rings. The Bertz CT molecular complexity index is 557. The van der Waals surface area contributed by atoms with Crippen molar-refractivity contribution in [2.75, 3.05) is 0 Å². The minimum Gasteiger partial charge on any atom is -0.312 e. The Morgan fingerprint density at radius 2 is 2.00 bits per heavy atom. The molecule has 4 nitrogen and oxygen atoms in total. The van der Waals surface area contributed by atoms with Gasteiger partial charge in [-0.25, -0.2) is 0 Å². The van der Waals surface area contributed by atoms with Crippen molar-refractivity contribution >= 4 is 11.6 Å². The molecule has 0 fully saturated rings. The molecule has 0 bridgehead atoms. The number of unbranched alkanes of at least 4 members (excludes halogenated alkanes) is 1. The fraction of sp³-hybridized carbons (Fsp3) is 0.533. The van der Waals surface area contributed by atoms with Crippen molar-refractivity contribution in [2.45, 2.75) is 52.0 Å². The van der Waals surface area contributed by atoms with Crippen LogP contribution in [0.5, 0.6) is 0 Å². The van der Waals surface area contributed by atoms with Crippen LogP contribution in [0.3, 0.4) is 0 Å². The summed E-state index contributed by atoms with van der Waals surface area (Å²) in [5.74, 6) is 0.316. The molecular formula is C15H19NO3. The quantitative estimate of drug-likeness (QED) is 0.763. The Balaban J connectivity index is 2.15. The smallest absolute Gasteiger partial charge is 0.250 e. The second-order valence-corrected chi connectivity index (χ2v) is 5.12. The molecule has 0 saturated heterocycles. The van der Waals surface area contributed by atoms with Crippen LogP contribution in [0.25, 0.3) is 0 Å². The van der Waals surface area contributed by atoms with Crippen molar-refractivity contribution in [3.05, 3.63) is 33.7 Å². The highest BCUT2D eigenvalue weighted by Gasteiger charge is 2.20. The zero-order valence-corrected chi connectivity index (χ0v) is 11.3. The Hall–Kier alpha value is -1.71. The number of fused-ring (bicyclic) bond motifs is 1. The molecule has 1 heterocycles. The first kappa shape index (κ1) is 13.7. The van der Waals surface area contributed by atoms with E-state index in [1.54, 1.807) is 17.6 Å². The Morgan fingerprint density at radius 1 is 1.21 bits per heavy atom. The third-order valence-electron chi connectivity index (χ3n) is 3.57. The van der Waals surface area contributed by atoms with Crippen molar-refractivity contribution in [3.8, 4) is 0 Å². The topological polar surface area (TPSA) is 56.1 Å². The molecule has 0 aliphatic heterocycles. The van der Waals surface area contributed by atoms with Gasteiger partial charge in [0.05, 0.1) is 0 Å². The average molecular weight is 261 g/mol. The minimum atomic E-state index is -0.0451. The molecule has 1 aromatic heterocycles. The summed E-state index contributed by atoms with van der Waals surface area (Å²) in [7, 11) is 0. The molecule has 4 heteroatoms. The summed E-state index contributed by atoms with van der Waals surface area (Å²) < 4.78 is 1.71. The summed E-state index contributed by atoms with van der Waals surface area (Å²) in [6.07, 6.45) is 4.34. The maximum Gasteiger partial charge on any atom is 0.250 e. The van der Waals surface area contributed by atoms with Gasteiger partial charge in [0, 0.05) is 36.7 Å². The van der Waals surface area contributed by atoms with E-state index in [2.05, 4.69) is 0 Å². The van der Waals surface area contributed by atoms with E-state index in [-0.39, 0.29) is 17.1 Å². The molecule has 0 saturated carbocycles. The summed E-state index contributed by atoms with van der Waals surface area (Å²) in [5, 5.41) is 0. The van der Waals surface area contributed by atoms with Gasteiger partial charge in [0.1, 0.15) is 5.78 Å². The van der Waals surface area contributed by atoms with E-state index in [4.69, 9.17) is 0 Å². The van der Waals surface area contributed by atoms with Crippen LogP contribution in [0.2, 0.25) is 0 Å². The molecule has 2 rings (SSSR count). The number of ketones is 2. The summed E-state index contributed by atoms with van der Waals surface area (Å²) in [4.78, 5) is 34.6. The number of carbonyl (C=O) groups is 2. The van der Waals surface area contributed by atoms with Gasteiger partial charge >= 0.3 is 0 Å². The SMILES string of the molecule is CC(=O)CCCCn1c2c(ccc1=O)C(=O)CCC2. The lowest BCUT2D eigenvalue weighted by atomic mass is 9.94. The van der Waals surface area contributed by atoms with Gasteiger partial charge in [0.15, 0.2) is 5.78 Å². The van der Waals surface area contributed by atoms with Crippen molar-refractivity contribution in [2.24, 2.45) is 0 Å². The number of pyridine rings is 1. The minimum absolute atomic E-state index is 0.0451. The van der Waals surface area contributed by atoms with Crippen LogP contribution in [-0.4, -0.2) is 16.1 Å². The molecule has 102 valence electrons. The molecule has 0 spiro atoms. The molecule has 0 atom stereocenters. The van der Waals surface area contributed by atoms with Gasteiger partial charge in [-0.15, -0.1) is 0 Å². The number of rotatable bonds is 5. The van der Waals surface area contributed by atoms with E-state index in [1.807, 2.05) is 0 Å².